The number of hydrogen-bond acceptors (Lipinski definition) is 1. The summed E-state index contributed by atoms with van der Waals surface area (Å²) in [6, 6.07) is 14.5. The molecule has 0 amide bonds. The first-order valence-corrected chi connectivity index (χ1v) is 6.27. The number of aryl methyl sites for hydroxylation is 1. The molecule has 0 saturated heterocycles. The molecule has 2 rings (SSSR count). The van der Waals surface area contributed by atoms with Gasteiger partial charge in [0.05, 0.1) is 6.61 Å². The van der Waals surface area contributed by atoms with Gasteiger partial charge in [-0.1, -0.05) is 36.4 Å². The summed E-state index contributed by atoms with van der Waals surface area (Å²) in [6.45, 7) is 8.79. The van der Waals surface area contributed by atoms with Crippen LogP contribution in [0.5, 0.6) is 5.75 Å². The molecule has 0 fully saturated rings. The summed E-state index contributed by atoms with van der Waals surface area (Å²) in [7, 11) is 0. The van der Waals surface area contributed by atoms with Gasteiger partial charge in [0, 0.05) is 6.42 Å². The van der Waals surface area contributed by atoms with Gasteiger partial charge in [0.15, 0.2) is 0 Å². The highest BCUT2D eigenvalue weighted by Gasteiger charge is 2.01. The Hall–Kier alpha value is -1.18. The maximum Gasteiger partial charge on any atom is 0.122 e. The van der Waals surface area contributed by atoms with E-state index in [0.29, 0.717) is 6.61 Å². The zero-order valence-corrected chi connectivity index (χ0v) is 13.5. The van der Waals surface area contributed by atoms with Gasteiger partial charge < -0.3 is 4.74 Å². The van der Waals surface area contributed by atoms with Gasteiger partial charge in [-0.2, -0.15) is 0 Å². The van der Waals surface area contributed by atoms with Gasteiger partial charge >= 0.3 is 0 Å². The van der Waals surface area contributed by atoms with Crippen molar-refractivity contribution in [2.75, 3.05) is 6.61 Å². The molecule has 0 aromatic heterocycles. The van der Waals surface area contributed by atoms with Crippen molar-refractivity contribution in [3.8, 4) is 5.75 Å². The Morgan fingerprint density at radius 1 is 0.950 bits per heavy atom. The van der Waals surface area contributed by atoms with E-state index in [-0.39, 0.29) is 24.8 Å². The molecule has 0 unspecified atom stereocenters. The van der Waals surface area contributed by atoms with E-state index >= 15 is 0 Å². The van der Waals surface area contributed by atoms with E-state index in [9.17, 15) is 0 Å². The molecule has 0 saturated carbocycles. The van der Waals surface area contributed by atoms with E-state index < -0.39 is 0 Å². The van der Waals surface area contributed by atoms with Crippen molar-refractivity contribution in [3.63, 3.8) is 0 Å². The zero-order chi connectivity index (χ0) is 13.0. The van der Waals surface area contributed by atoms with Gasteiger partial charge in [-0.05, 0) is 49.1 Å². The molecule has 2 aromatic rings. The molecular weight excluding hydrogens is 291 g/mol. The van der Waals surface area contributed by atoms with Gasteiger partial charge in [0.2, 0.25) is 0 Å². The van der Waals surface area contributed by atoms with E-state index in [1.54, 1.807) is 0 Å². The monoisotopic (exact) mass is 311 g/mol. The summed E-state index contributed by atoms with van der Waals surface area (Å²) in [6.07, 6.45) is 0.924. The highest BCUT2D eigenvalue weighted by atomic mass is 35.5. The molecule has 0 spiro atoms. The Morgan fingerprint density at radius 2 is 1.60 bits per heavy atom. The van der Waals surface area contributed by atoms with Crippen molar-refractivity contribution < 1.29 is 4.74 Å². The van der Waals surface area contributed by atoms with Crippen LogP contribution in [0.1, 0.15) is 22.3 Å². The second kappa shape index (κ2) is 8.89. The average molecular weight is 312 g/mol. The Kier molecular flexibility index (Phi) is 8.36. The van der Waals surface area contributed by atoms with E-state index in [0.717, 1.165) is 17.7 Å². The standard InChI is InChI=1S/C17H19O.2ClH/c1-13-7-9-16(10-8-13)11-12-18-17-6-4-5-14(2)15(17)3;;/h4-10H,1,11-12H2,2-3H3;2*1H. The van der Waals surface area contributed by atoms with Gasteiger partial charge in [-0.25, -0.2) is 0 Å². The second-order valence-electron chi connectivity index (χ2n) is 4.61. The predicted octanol–water partition coefficient (Wildman–Crippen LogP) is 4.95. The summed E-state index contributed by atoms with van der Waals surface area (Å²) in [5.74, 6) is 0.990. The Balaban J connectivity index is 0.00000180. The first-order chi connectivity index (χ1) is 8.66. The zero-order valence-electron chi connectivity index (χ0n) is 11.9. The van der Waals surface area contributed by atoms with Crippen molar-refractivity contribution in [3.05, 3.63) is 71.6 Å². The van der Waals surface area contributed by atoms with Crippen LogP contribution < -0.4 is 4.74 Å². The third-order valence-corrected chi connectivity index (χ3v) is 3.23. The molecule has 109 valence electrons. The van der Waals surface area contributed by atoms with Gasteiger partial charge in [0.1, 0.15) is 5.75 Å². The fourth-order valence-electron chi connectivity index (χ4n) is 1.87. The lowest BCUT2D eigenvalue weighted by Gasteiger charge is -2.10. The molecule has 1 nitrogen and oxygen atoms in total. The number of halogens is 2. The summed E-state index contributed by atoms with van der Waals surface area (Å²) in [5.41, 5.74) is 4.83. The predicted molar refractivity (Wildman–Crippen MR) is 90.5 cm³/mol. The highest BCUT2D eigenvalue weighted by Crippen LogP contribution is 2.20. The lowest BCUT2D eigenvalue weighted by molar-refractivity contribution is 0.319. The summed E-state index contributed by atoms with van der Waals surface area (Å²) in [4.78, 5) is 0. The summed E-state index contributed by atoms with van der Waals surface area (Å²) < 4.78 is 5.84. The van der Waals surface area contributed by atoms with Crippen LogP contribution in [0.15, 0.2) is 42.5 Å². The molecule has 0 aliphatic rings. The van der Waals surface area contributed by atoms with Crippen LogP contribution in [-0.2, 0) is 6.42 Å². The van der Waals surface area contributed by atoms with Crippen molar-refractivity contribution in [1.29, 1.82) is 0 Å². The Labute approximate surface area is 134 Å². The molecule has 3 heteroatoms. The lowest BCUT2D eigenvalue weighted by Crippen LogP contribution is -2.03. The SMILES string of the molecule is Cl.Cl.[CH2]c1ccc(CCOc2cccc(C)c2C)cc1. The largest absolute Gasteiger partial charge is 0.493 e. The fourth-order valence-corrected chi connectivity index (χ4v) is 1.87. The van der Waals surface area contributed by atoms with Crippen LogP contribution in [0.25, 0.3) is 0 Å². The first-order valence-electron chi connectivity index (χ1n) is 6.27. The minimum Gasteiger partial charge on any atom is -0.493 e. The smallest absolute Gasteiger partial charge is 0.122 e. The third kappa shape index (κ3) is 5.07. The molecule has 1 radical (unpaired) electrons. The molecule has 0 N–H and O–H groups in total. The lowest BCUT2D eigenvalue weighted by atomic mass is 10.1. The number of hydrogen-bond donors (Lipinski definition) is 0. The minimum absolute atomic E-state index is 0. The minimum atomic E-state index is 0. The van der Waals surface area contributed by atoms with Gasteiger partial charge in [0.25, 0.3) is 0 Å². The van der Waals surface area contributed by atoms with Crippen LogP contribution in [0.3, 0.4) is 0 Å². The number of ether oxygens (including phenoxy) is 1. The molecule has 0 bridgehead atoms. The van der Waals surface area contributed by atoms with Crippen molar-refractivity contribution >= 4 is 24.8 Å². The van der Waals surface area contributed by atoms with Crippen molar-refractivity contribution in [1.82, 2.24) is 0 Å². The maximum absolute atomic E-state index is 5.84. The number of rotatable bonds is 4. The molecule has 20 heavy (non-hydrogen) atoms. The van der Waals surface area contributed by atoms with E-state index in [1.807, 2.05) is 24.3 Å². The van der Waals surface area contributed by atoms with E-state index in [4.69, 9.17) is 4.74 Å². The summed E-state index contributed by atoms with van der Waals surface area (Å²) >= 11 is 0. The molecule has 0 aliphatic carbocycles. The van der Waals surface area contributed by atoms with E-state index in [1.165, 1.54) is 16.7 Å². The molecular formula is C17H21Cl2O. The van der Waals surface area contributed by atoms with Crippen LogP contribution in [0, 0.1) is 20.8 Å². The normalized spacial score (nSPS) is 9.35. The molecule has 0 atom stereocenters. The second-order valence-corrected chi connectivity index (χ2v) is 4.61. The van der Waals surface area contributed by atoms with Crippen molar-refractivity contribution in [2.45, 2.75) is 20.3 Å². The third-order valence-electron chi connectivity index (χ3n) is 3.23. The van der Waals surface area contributed by atoms with Gasteiger partial charge in [-0.3, -0.25) is 0 Å². The van der Waals surface area contributed by atoms with Crippen LogP contribution in [0.2, 0.25) is 0 Å². The summed E-state index contributed by atoms with van der Waals surface area (Å²) in [5, 5.41) is 0. The highest BCUT2D eigenvalue weighted by molar-refractivity contribution is 5.85. The maximum atomic E-state index is 5.84. The van der Waals surface area contributed by atoms with Crippen LogP contribution >= 0.6 is 24.8 Å². The van der Waals surface area contributed by atoms with Gasteiger partial charge in [-0.15, -0.1) is 24.8 Å². The van der Waals surface area contributed by atoms with Crippen LogP contribution in [0.4, 0.5) is 0 Å². The Bertz CT molecular complexity index is 521. The molecule has 2 aromatic carbocycles. The number of benzene rings is 2. The average Bonchev–Trinajstić information content (AvgIpc) is 2.37. The topological polar surface area (TPSA) is 9.23 Å². The molecule has 0 heterocycles. The Morgan fingerprint density at radius 3 is 2.25 bits per heavy atom. The quantitative estimate of drug-likeness (QED) is 0.776. The molecule has 0 aliphatic heterocycles. The first kappa shape index (κ1) is 18.8. The van der Waals surface area contributed by atoms with Crippen LogP contribution in [-0.4, -0.2) is 6.61 Å². The van der Waals surface area contributed by atoms with E-state index in [2.05, 4.69) is 39.0 Å². The fraction of sp³-hybridized carbons (Fsp3) is 0.235. The van der Waals surface area contributed by atoms with Crippen molar-refractivity contribution in [2.24, 2.45) is 0 Å².